The molecule has 0 atom stereocenters. The van der Waals surface area contributed by atoms with Crippen molar-refractivity contribution in [2.75, 3.05) is 11.9 Å². The molecule has 1 aliphatic heterocycles. The first-order valence-electron chi connectivity index (χ1n) is 7.20. The van der Waals surface area contributed by atoms with Gasteiger partial charge >= 0.3 is 0 Å². The molecule has 1 aromatic heterocycles. The van der Waals surface area contributed by atoms with E-state index >= 15 is 0 Å². The number of halogens is 3. The van der Waals surface area contributed by atoms with Gasteiger partial charge in [-0.3, -0.25) is 0 Å². The third-order valence-corrected chi connectivity index (χ3v) is 4.16. The largest absolute Gasteiger partial charge is 0.369 e. The maximum Gasteiger partial charge on any atom is 0.135 e. The lowest BCUT2D eigenvalue weighted by atomic mass is 10.1. The van der Waals surface area contributed by atoms with Crippen LogP contribution in [0, 0.1) is 11.6 Å². The molecule has 1 aliphatic rings. The van der Waals surface area contributed by atoms with Crippen molar-refractivity contribution in [1.29, 1.82) is 0 Å². The molecule has 6 heteroatoms. The highest BCUT2D eigenvalue weighted by Crippen LogP contribution is 2.35. The minimum atomic E-state index is -0.611. The van der Waals surface area contributed by atoms with E-state index in [-0.39, 0.29) is 0 Å². The molecule has 116 valence electrons. The second kappa shape index (κ2) is 5.35. The summed E-state index contributed by atoms with van der Waals surface area (Å²) in [4.78, 5) is 0. The zero-order valence-electron chi connectivity index (χ0n) is 12.0. The number of hydrogen-bond donors (Lipinski definition) is 1. The number of anilines is 1. The number of rotatable bonds is 2. The zero-order valence-corrected chi connectivity index (χ0v) is 12.7. The molecule has 0 unspecified atom stereocenters. The average molecular weight is 332 g/mol. The van der Waals surface area contributed by atoms with Gasteiger partial charge in [-0.05, 0) is 42.8 Å². The van der Waals surface area contributed by atoms with Gasteiger partial charge in [0.1, 0.15) is 23.1 Å². The van der Waals surface area contributed by atoms with E-state index in [4.69, 9.17) is 11.6 Å². The van der Waals surface area contributed by atoms with Gasteiger partial charge < -0.3 is 5.32 Å². The van der Waals surface area contributed by atoms with E-state index in [2.05, 4.69) is 10.4 Å². The number of nitrogens with one attached hydrogen (secondary N) is 1. The number of fused-ring (bicyclic) bond motifs is 1. The molecule has 0 fully saturated rings. The Kier molecular flexibility index (Phi) is 3.31. The van der Waals surface area contributed by atoms with Gasteiger partial charge in [-0.25, -0.2) is 13.5 Å². The van der Waals surface area contributed by atoms with Crippen LogP contribution in [0.3, 0.4) is 0 Å². The molecule has 1 N–H and O–H groups in total. The van der Waals surface area contributed by atoms with E-state index in [0.29, 0.717) is 16.3 Å². The third kappa shape index (κ3) is 2.37. The Hall–Kier alpha value is -2.40. The SMILES string of the molecule is Fc1ccc(-c2nn(-c3ccc(Cl)cc3)c3c2CCN3)c(F)c1. The van der Waals surface area contributed by atoms with E-state index in [0.717, 1.165) is 36.1 Å². The lowest BCUT2D eigenvalue weighted by molar-refractivity contribution is 0.585. The molecule has 3 aromatic rings. The van der Waals surface area contributed by atoms with Crippen molar-refractivity contribution in [2.45, 2.75) is 6.42 Å². The molecule has 0 radical (unpaired) electrons. The molecule has 3 nitrogen and oxygen atoms in total. The lowest BCUT2D eigenvalue weighted by Gasteiger charge is -2.06. The predicted molar refractivity (Wildman–Crippen MR) is 86.1 cm³/mol. The predicted octanol–water partition coefficient (Wildman–Crippen LogP) is 4.44. The summed E-state index contributed by atoms with van der Waals surface area (Å²) in [6.45, 7) is 0.761. The van der Waals surface area contributed by atoms with Crippen molar-refractivity contribution in [1.82, 2.24) is 9.78 Å². The Morgan fingerprint density at radius 1 is 1.09 bits per heavy atom. The first-order valence-corrected chi connectivity index (χ1v) is 7.58. The number of aromatic nitrogens is 2. The van der Waals surface area contributed by atoms with Crippen molar-refractivity contribution < 1.29 is 8.78 Å². The monoisotopic (exact) mass is 331 g/mol. The summed E-state index contributed by atoms with van der Waals surface area (Å²) in [5.41, 5.74) is 2.61. The summed E-state index contributed by atoms with van der Waals surface area (Å²) >= 11 is 5.92. The maximum atomic E-state index is 14.1. The normalized spacial score (nSPS) is 13.0. The van der Waals surface area contributed by atoms with Crippen molar-refractivity contribution in [3.63, 3.8) is 0 Å². The third-order valence-electron chi connectivity index (χ3n) is 3.91. The quantitative estimate of drug-likeness (QED) is 0.752. The Morgan fingerprint density at radius 2 is 1.87 bits per heavy atom. The van der Waals surface area contributed by atoms with Crippen molar-refractivity contribution in [3.8, 4) is 16.9 Å². The first kappa shape index (κ1) is 14.2. The highest BCUT2D eigenvalue weighted by molar-refractivity contribution is 6.30. The van der Waals surface area contributed by atoms with Crippen LogP contribution >= 0.6 is 11.6 Å². The molecule has 0 saturated heterocycles. The first-order chi connectivity index (χ1) is 11.1. The van der Waals surface area contributed by atoms with E-state index in [1.807, 2.05) is 12.1 Å². The average Bonchev–Trinajstić information content (AvgIpc) is 3.11. The zero-order chi connectivity index (χ0) is 16.0. The summed E-state index contributed by atoms with van der Waals surface area (Å²) < 4.78 is 29.0. The van der Waals surface area contributed by atoms with Crippen LogP contribution in [-0.4, -0.2) is 16.3 Å². The van der Waals surface area contributed by atoms with E-state index in [1.54, 1.807) is 16.8 Å². The summed E-state index contributed by atoms with van der Waals surface area (Å²) in [7, 11) is 0. The highest BCUT2D eigenvalue weighted by atomic mass is 35.5. The van der Waals surface area contributed by atoms with Crippen molar-refractivity contribution in [3.05, 3.63) is 64.7 Å². The van der Waals surface area contributed by atoms with Gasteiger partial charge in [0, 0.05) is 28.8 Å². The molecular formula is C17H12ClF2N3. The van der Waals surface area contributed by atoms with Gasteiger partial charge in [-0.15, -0.1) is 0 Å². The van der Waals surface area contributed by atoms with Gasteiger partial charge in [-0.1, -0.05) is 11.6 Å². The second-order valence-electron chi connectivity index (χ2n) is 5.36. The van der Waals surface area contributed by atoms with Gasteiger partial charge in [0.15, 0.2) is 0 Å². The van der Waals surface area contributed by atoms with Gasteiger partial charge in [0.2, 0.25) is 0 Å². The van der Waals surface area contributed by atoms with Crippen molar-refractivity contribution in [2.24, 2.45) is 0 Å². The molecule has 0 aliphatic carbocycles. The van der Waals surface area contributed by atoms with Crippen LogP contribution in [0.15, 0.2) is 42.5 Å². The summed E-state index contributed by atoms with van der Waals surface area (Å²) in [6.07, 6.45) is 0.745. The van der Waals surface area contributed by atoms with Crippen LogP contribution in [0.1, 0.15) is 5.56 Å². The highest BCUT2D eigenvalue weighted by Gasteiger charge is 2.25. The van der Waals surface area contributed by atoms with E-state index in [9.17, 15) is 8.78 Å². The second-order valence-corrected chi connectivity index (χ2v) is 5.80. The molecule has 23 heavy (non-hydrogen) atoms. The molecule has 0 amide bonds. The molecule has 0 spiro atoms. The van der Waals surface area contributed by atoms with E-state index in [1.165, 1.54) is 12.1 Å². The maximum absolute atomic E-state index is 14.1. The van der Waals surface area contributed by atoms with Crippen LogP contribution in [-0.2, 0) is 6.42 Å². The van der Waals surface area contributed by atoms with Gasteiger partial charge in [-0.2, -0.15) is 5.10 Å². The van der Waals surface area contributed by atoms with Crippen LogP contribution in [0.2, 0.25) is 5.02 Å². The molecule has 2 aromatic carbocycles. The Labute approximate surface area is 136 Å². The summed E-state index contributed by atoms with van der Waals surface area (Å²) in [5.74, 6) is -0.371. The van der Waals surface area contributed by atoms with Gasteiger partial charge in [0.25, 0.3) is 0 Å². The topological polar surface area (TPSA) is 29.9 Å². The van der Waals surface area contributed by atoms with Crippen LogP contribution in [0.25, 0.3) is 16.9 Å². The fourth-order valence-corrected chi connectivity index (χ4v) is 2.97. The number of benzene rings is 2. The minimum Gasteiger partial charge on any atom is -0.369 e. The molecule has 2 heterocycles. The van der Waals surface area contributed by atoms with E-state index < -0.39 is 11.6 Å². The number of nitrogens with zero attached hydrogens (tertiary/aromatic N) is 2. The molecule has 4 rings (SSSR count). The number of hydrogen-bond acceptors (Lipinski definition) is 2. The summed E-state index contributed by atoms with van der Waals surface area (Å²) in [6, 6.07) is 10.8. The van der Waals surface area contributed by atoms with Crippen LogP contribution < -0.4 is 5.32 Å². The molecule has 0 bridgehead atoms. The Bertz CT molecular complexity index is 888. The van der Waals surface area contributed by atoms with Crippen LogP contribution in [0.4, 0.5) is 14.6 Å². The molecule has 0 saturated carbocycles. The smallest absolute Gasteiger partial charge is 0.135 e. The van der Waals surface area contributed by atoms with Crippen LogP contribution in [0.5, 0.6) is 0 Å². The minimum absolute atomic E-state index is 0.305. The van der Waals surface area contributed by atoms with Crippen molar-refractivity contribution >= 4 is 17.4 Å². The standard InChI is InChI=1S/C17H12ClF2N3/c18-10-1-4-12(5-2-10)23-17-14(7-8-21-17)16(22-23)13-6-3-11(19)9-15(13)20/h1-6,9,21H,7-8H2. The van der Waals surface area contributed by atoms with Gasteiger partial charge in [0.05, 0.1) is 5.69 Å². The summed E-state index contributed by atoms with van der Waals surface area (Å²) in [5, 5.41) is 8.45. The molecular weight excluding hydrogens is 320 g/mol. The fourth-order valence-electron chi connectivity index (χ4n) is 2.84. The Balaban J connectivity index is 1.89. The Morgan fingerprint density at radius 3 is 2.61 bits per heavy atom. The fraction of sp³-hybridized carbons (Fsp3) is 0.118. The lowest BCUT2D eigenvalue weighted by Crippen LogP contribution is -2.04.